The fraction of sp³-hybridized carbons (Fsp3) is 1.00. The molecule has 1 saturated carbocycles. The van der Waals surface area contributed by atoms with Gasteiger partial charge in [0, 0.05) is 17.3 Å². The van der Waals surface area contributed by atoms with E-state index in [0.29, 0.717) is 0 Å². The zero-order chi connectivity index (χ0) is 11.5. The highest BCUT2D eigenvalue weighted by molar-refractivity contribution is 8.00. The van der Waals surface area contributed by atoms with Crippen LogP contribution in [0.25, 0.3) is 0 Å². The predicted octanol–water partition coefficient (Wildman–Crippen LogP) is 3.68. The van der Waals surface area contributed by atoms with Gasteiger partial charge in [-0.3, -0.25) is 0 Å². The van der Waals surface area contributed by atoms with E-state index in [9.17, 15) is 0 Å². The van der Waals surface area contributed by atoms with Gasteiger partial charge in [0.05, 0.1) is 0 Å². The molecule has 1 saturated heterocycles. The van der Waals surface area contributed by atoms with Gasteiger partial charge in [0.1, 0.15) is 0 Å². The Hall–Kier alpha value is 0.310. The third-order valence-electron chi connectivity index (χ3n) is 4.48. The van der Waals surface area contributed by atoms with Crippen molar-refractivity contribution in [2.24, 2.45) is 11.8 Å². The average Bonchev–Trinajstić information content (AvgIpc) is 2.65. The van der Waals surface area contributed by atoms with Gasteiger partial charge in [-0.05, 0) is 36.9 Å². The van der Waals surface area contributed by atoms with Gasteiger partial charge in [-0.15, -0.1) is 0 Å². The first-order valence-corrected chi connectivity index (χ1v) is 8.11. The Kier molecular flexibility index (Phi) is 4.60. The molecule has 2 fully saturated rings. The van der Waals surface area contributed by atoms with Crippen molar-refractivity contribution in [1.82, 2.24) is 5.32 Å². The SMILES string of the molecule is CC(C)C1CCCCC1NC1CCSC1C. The van der Waals surface area contributed by atoms with E-state index in [1.165, 1.54) is 37.9 Å². The molecule has 1 nitrogen and oxygen atoms in total. The molecule has 2 rings (SSSR count). The Morgan fingerprint density at radius 1 is 1.06 bits per heavy atom. The van der Waals surface area contributed by atoms with Crippen molar-refractivity contribution in [2.45, 2.75) is 70.2 Å². The first-order chi connectivity index (χ1) is 7.68. The highest BCUT2D eigenvalue weighted by Crippen LogP contribution is 2.33. The second-order valence-corrected chi connectivity index (χ2v) is 7.42. The molecule has 4 atom stereocenters. The van der Waals surface area contributed by atoms with Gasteiger partial charge in [0.25, 0.3) is 0 Å². The van der Waals surface area contributed by atoms with Gasteiger partial charge < -0.3 is 5.32 Å². The minimum absolute atomic E-state index is 0.786. The molecular formula is C14H27NS. The van der Waals surface area contributed by atoms with E-state index in [0.717, 1.165) is 29.2 Å². The monoisotopic (exact) mass is 241 g/mol. The first kappa shape index (κ1) is 12.8. The lowest BCUT2D eigenvalue weighted by Gasteiger charge is -2.37. The molecule has 4 unspecified atom stereocenters. The number of thioether (sulfide) groups is 1. The van der Waals surface area contributed by atoms with Crippen LogP contribution in [0.5, 0.6) is 0 Å². The minimum Gasteiger partial charge on any atom is -0.310 e. The smallest absolute Gasteiger partial charge is 0.0194 e. The Morgan fingerprint density at radius 2 is 1.81 bits per heavy atom. The van der Waals surface area contributed by atoms with Gasteiger partial charge in [-0.2, -0.15) is 11.8 Å². The molecule has 0 radical (unpaired) electrons. The van der Waals surface area contributed by atoms with Crippen molar-refractivity contribution in [3.63, 3.8) is 0 Å². The van der Waals surface area contributed by atoms with E-state index in [2.05, 4.69) is 37.8 Å². The molecule has 1 aliphatic heterocycles. The van der Waals surface area contributed by atoms with Crippen molar-refractivity contribution in [2.75, 3.05) is 5.75 Å². The summed E-state index contributed by atoms with van der Waals surface area (Å²) in [6.07, 6.45) is 7.14. The van der Waals surface area contributed by atoms with Crippen LogP contribution in [0.4, 0.5) is 0 Å². The number of rotatable bonds is 3. The highest BCUT2D eigenvalue weighted by Gasteiger charge is 2.32. The third-order valence-corrected chi connectivity index (χ3v) is 5.81. The van der Waals surface area contributed by atoms with Gasteiger partial charge in [-0.25, -0.2) is 0 Å². The molecule has 16 heavy (non-hydrogen) atoms. The van der Waals surface area contributed by atoms with Gasteiger partial charge in [-0.1, -0.05) is 33.6 Å². The molecule has 1 heterocycles. The largest absolute Gasteiger partial charge is 0.310 e. The standard InChI is InChI=1S/C14H27NS/c1-10(2)12-6-4-5-7-14(12)15-13-8-9-16-11(13)3/h10-15H,4-9H2,1-3H3. The van der Waals surface area contributed by atoms with Crippen LogP contribution in [-0.2, 0) is 0 Å². The summed E-state index contributed by atoms with van der Waals surface area (Å²) in [5.74, 6) is 3.13. The molecule has 0 aromatic heterocycles. The van der Waals surface area contributed by atoms with Crippen LogP contribution < -0.4 is 5.32 Å². The van der Waals surface area contributed by atoms with E-state index < -0.39 is 0 Å². The Morgan fingerprint density at radius 3 is 2.44 bits per heavy atom. The second kappa shape index (κ2) is 5.77. The van der Waals surface area contributed by atoms with E-state index in [1.807, 2.05) is 0 Å². The van der Waals surface area contributed by atoms with Gasteiger partial charge >= 0.3 is 0 Å². The van der Waals surface area contributed by atoms with Crippen molar-refractivity contribution < 1.29 is 0 Å². The zero-order valence-corrected chi connectivity index (χ0v) is 11.9. The molecule has 0 aromatic rings. The van der Waals surface area contributed by atoms with Crippen molar-refractivity contribution >= 4 is 11.8 Å². The van der Waals surface area contributed by atoms with Crippen LogP contribution in [-0.4, -0.2) is 23.1 Å². The van der Waals surface area contributed by atoms with E-state index in [1.54, 1.807) is 0 Å². The van der Waals surface area contributed by atoms with Crippen LogP contribution in [0.15, 0.2) is 0 Å². The van der Waals surface area contributed by atoms with Gasteiger partial charge in [0.2, 0.25) is 0 Å². The molecule has 2 aliphatic rings. The third kappa shape index (κ3) is 2.95. The first-order valence-electron chi connectivity index (χ1n) is 7.06. The van der Waals surface area contributed by atoms with Crippen LogP contribution in [0.2, 0.25) is 0 Å². The van der Waals surface area contributed by atoms with Gasteiger partial charge in [0.15, 0.2) is 0 Å². The maximum atomic E-state index is 3.98. The summed E-state index contributed by atoms with van der Waals surface area (Å²) in [6, 6.07) is 1.59. The fourth-order valence-electron chi connectivity index (χ4n) is 3.39. The summed E-state index contributed by atoms with van der Waals surface area (Å²) in [5, 5.41) is 4.81. The lowest BCUT2D eigenvalue weighted by atomic mass is 9.77. The summed E-state index contributed by atoms with van der Waals surface area (Å²) in [6.45, 7) is 7.19. The number of hydrogen-bond donors (Lipinski definition) is 1. The normalized spacial score (nSPS) is 40.5. The number of hydrogen-bond acceptors (Lipinski definition) is 2. The highest BCUT2D eigenvalue weighted by atomic mass is 32.2. The molecule has 94 valence electrons. The number of nitrogens with one attached hydrogen (secondary N) is 1. The van der Waals surface area contributed by atoms with Crippen molar-refractivity contribution in [3.05, 3.63) is 0 Å². The zero-order valence-electron chi connectivity index (χ0n) is 11.0. The Bertz CT molecular complexity index is 217. The summed E-state index contributed by atoms with van der Waals surface area (Å²) < 4.78 is 0. The van der Waals surface area contributed by atoms with E-state index in [4.69, 9.17) is 0 Å². The molecule has 1 aliphatic carbocycles. The predicted molar refractivity (Wildman–Crippen MR) is 74.0 cm³/mol. The topological polar surface area (TPSA) is 12.0 Å². The molecule has 0 amide bonds. The van der Waals surface area contributed by atoms with Crippen LogP contribution in [0.1, 0.15) is 52.9 Å². The summed E-state index contributed by atoms with van der Waals surface area (Å²) in [7, 11) is 0. The summed E-state index contributed by atoms with van der Waals surface area (Å²) in [5.41, 5.74) is 0. The second-order valence-electron chi connectivity index (χ2n) is 5.94. The molecule has 1 N–H and O–H groups in total. The lowest BCUT2D eigenvalue weighted by molar-refractivity contribution is 0.192. The molecule has 0 bridgehead atoms. The molecular weight excluding hydrogens is 214 g/mol. The fourth-order valence-corrected chi connectivity index (χ4v) is 4.60. The van der Waals surface area contributed by atoms with Crippen molar-refractivity contribution in [1.29, 1.82) is 0 Å². The van der Waals surface area contributed by atoms with E-state index in [-0.39, 0.29) is 0 Å². The Balaban J connectivity index is 1.90. The molecule has 0 spiro atoms. The maximum absolute atomic E-state index is 3.98. The summed E-state index contributed by atoms with van der Waals surface area (Å²) >= 11 is 2.14. The van der Waals surface area contributed by atoms with Crippen LogP contribution in [0, 0.1) is 11.8 Å². The maximum Gasteiger partial charge on any atom is 0.0194 e. The minimum atomic E-state index is 0.786. The lowest BCUT2D eigenvalue weighted by Crippen LogP contribution is -2.47. The quantitative estimate of drug-likeness (QED) is 0.809. The Labute approximate surface area is 105 Å². The summed E-state index contributed by atoms with van der Waals surface area (Å²) in [4.78, 5) is 0. The van der Waals surface area contributed by atoms with Crippen LogP contribution >= 0.6 is 11.8 Å². The molecule has 0 aromatic carbocycles. The van der Waals surface area contributed by atoms with E-state index >= 15 is 0 Å². The van der Waals surface area contributed by atoms with Crippen molar-refractivity contribution in [3.8, 4) is 0 Å². The molecule has 2 heteroatoms. The van der Waals surface area contributed by atoms with Crippen LogP contribution in [0.3, 0.4) is 0 Å². The average molecular weight is 241 g/mol.